The predicted molar refractivity (Wildman–Crippen MR) is 87.2 cm³/mol. The van der Waals surface area contributed by atoms with Gasteiger partial charge in [0.15, 0.2) is 5.65 Å². The SMILES string of the molecule is CCCO[C@@H]1CCCN(c2nc(CC)nc3c2cnn3C)C1. The van der Waals surface area contributed by atoms with Crippen LogP contribution >= 0.6 is 0 Å². The summed E-state index contributed by atoms with van der Waals surface area (Å²) in [4.78, 5) is 11.7. The molecule has 0 aromatic carbocycles. The minimum atomic E-state index is 0.306. The summed E-state index contributed by atoms with van der Waals surface area (Å²) in [6, 6.07) is 0. The Morgan fingerprint density at radius 1 is 1.32 bits per heavy atom. The number of nitrogens with zero attached hydrogens (tertiary/aromatic N) is 5. The van der Waals surface area contributed by atoms with Crippen molar-refractivity contribution < 1.29 is 4.74 Å². The third kappa shape index (κ3) is 2.92. The highest BCUT2D eigenvalue weighted by Gasteiger charge is 2.24. The van der Waals surface area contributed by atoms with Crippen molar-refractivity contribution in [2.45, 2.75) is 45.6 Å². The molecule has 1 fully saturated rings. The van der Waals surface area contributed by atoms with Crippen LogP contribution in [0.25, 0.3) is 11.0 Å². The van der Waals surface area contributed by atoms with Crippen molar-refractivity contribution in [3.05, 3.63) is 12.0 Å². The molecule has 0 radical (unpaired) electrons. The van der Waals surface area contributed by atoms with Crippen LogP contribution in [0.15, 0.2) is 6.20 Å². The largest absolute Gasteiger partial charge is 0.376 e. The van der Waals surface area contributed by atoms with Gasteiger partial charge in [-0.2, -0.15) is 5.10 Å². The van der Waals surface area contributed by atoms with Crippen molar-refractivity contribution in [3.63, 3.8) is 0 Å². The van der Waals surface area contributed by atoms with Gasteiger partial charge in [-0.15, -0.1) is 0 Å². The van der Waals surface area contributed by atoms with E-state index in [1.165, 1.54) is 0 Å². The number of rotatable bonds is 5. The minimum Gasteiger partial charge on any atom is -0.376 e. The van der Waals surface area contributed by atoms with Gasteiger partial charge in [-0.25, -0.2) is 9.97 Å². The number of aryl methyl sites for hydroxylation is 2. The van der Waals surface area contributed by atoms with E-state index in [4.69, 9.17) is 9.72 Å². The number of fused-ring (bicyclic) bond motifs is 1. The van der Waals surface area contributed by atoms with Gasteiger partial charge in [0.2, 0.25) is 0 Å². The van der Waals surface area contributed by atoms with Crippen LogP contribution in [0.1, 0.15) is 38.9 Å². The summed E-state index contributed by atoms with van der Waals surface area (Å²) in [6.07, 6.45) is 6.36. The molecule has 6 heteroatoms. The van der Waals surface area contributed by atoms with E-state index in [0.29, 0.717) is 6.10 Å². The molecule has 0 unspecified atom stereocenters. The summed E-state index contributed by atoms with van der Waals surface area (Å²) in [5, 5.41) is 5.39. The molecule has 1 atom stereocenters. The van der Waals surface area contributed by atoms with Crippen LogP contribution in [0.3, 0.4) is 0 Å². The maximum absolute atomic E-state index is 5.95. The van der Waals surface area contributed by atoms with Crippen LogP contribution in [-0.2, 0) is 18.2 Å². The quantitative estimate of drug-likeness (QED) is 0.848. The molecule has 0 bridgehead atoms. The third-order valence-corrected chi connectivity index (χ3v) is 4.17. The van der Waals surface area contributed by atoms with Crippen molar-refractivity contribution in [2.75, 3.05) is 24.6 Å². The molecule has 0 spiro atoms. The summed E-state index contributed by atoms with van der Waals surface area (Å²) >= 11 is 0. The molecule has 1 saturated heterocycles. The lowest BCUT2D eigenvalue weighted by Crippen LogP contribution is -2.40. The van der Waals surface area contributed by atoms with Crippen LogP contribution < -0.4 is 4.90 Å². The maximum Gasteiger partial charge on any atom is 0.163 e. The fraction of sp³-hybridized carbons (Fsp3) is 0.688. The van der Waals surface area contributed by atoms with Crippen LogP contribution in [0, 0.1) is 0 Å². The smallest absolute Gasteiger partial charge is 0.163 e. The van der Waals surface area contributed by atoms with Crippen LogP contribution in [0.2, 0.25) is 0 Å². The van der Waals surface area contributed by atoms with Crippen molar-refractivity contribution >= 4 is 16.9 Å². The van der Waals surface area contributed by atoms with Crippen molar-refractivity contribution in [1.29, 1.82) is 0 Å². The predicted octanol–water partition coefficient (Wildman–Crippen LogP) is 2.32. The van der Waals surface area contributed by atoms with Crippen molar-refractivity contribution in [2.24, 2.45) is 7.05 Å². The average molecular weight is 303 g/mol. The fourth-order valence-electron chi connectivity index (χ4n) is 3.00. The zero-order chi connectivity index (χ0) is 15.5. The minimum absolute atomic E-state index is 0.306. The normalized spacial score (nSPS) is 19.0. The number of hydrogen-bond donors (Lipinski definition) is 0. The molecular formula is C16H25N5O. The van der Waals surface area contributed by atoms with E-state index < -0.39 is 0 Å². The molecule has 6 nitrogen and oxygen atoms in total. The topological polar surface area (TPSA) is 56.1 Å². The first kappa shape index (κ1) is 15.2. The third-order valence-electron chi connectivity index (χ3n) is 4.17. The van der Waals surface area contributed by atoms with Gasteiger partial charge in [-0.05, 0) is 19.3 Å². The number of ether oxygens (including phenoxy) is 1. The highest BCUT2D eigenvalue weighted by molar-refractivity contribution is 5.87. The summed E-state index contributed by atoms with van der Waals surface area (Å²) in [6.45, 7) is 7.01. The summed E-state index contributed by atoms with van der Waals surface area (Å²) < 4.78 is 7.78. The van der Waals surface area contributed by atoms with Gasteiger partial charge >= 0.3 is 0 Å². The monoisotopic (exact) mass is 303 g/mol. The fourth-order valence-corrected chi connectivity index (χ4v) is 3.00. The van der Waals surface area contributed by atoms with Gasteiger partial charge in [0.1, 0.15) is 11.6 Å². The Labute approximate surface area is 131 Å². The molecule has 0 amide bonds. The van der Waals surface area contributed by atoms with Gasteiger partial charge in [-0.3, -0.25) is 4.68 Å². The number of hydrogen-bond acceptors (Lipinski definition) is 5. The summed E-state index contributed by atoms with van der Waals surface area (Å²) in [5.41, 5.74) is 0.915. The molecular weight excluding hydrogens is 278 g/mol. The van der Waals surface area contributed by atoms with E-state index in [-0.39, 0.29) is 0 Å². The molecule has 1 aliphatic heterocycles. The zero-order valence-corrected chi connectivity index (χ0v) is 13.7. The molecule has 22 heavy (non-hydrogen) atoms. The standard InChI is InChI=1S/C16H25N5O/c1-4-9-22-12-7-6-8-21(11-12)16-13-10-17-20(3)15(13)18-14(5-2)19-16/h10,12H,4-9,11H2,1-3H3/t12-/m1/s1. The molecule has 3 heterocycles. The molecule has 1 aliphatic rings. The first-order valence-corrected chi connectivity index (χ1v) is 8.28. The van der Waals surface area contributed by atoms with E-state index in [2.05, 4.69) is 28.8 Å². The second-order valence-electron chi connectivity index (χ2n) is 5.90. The molecule has 120 valence electrons. The van der Waals surface area contributed by atoms with Crippen molar-refractivity contribution in [3.8, 4) is 0 Å². The molecule has 3 rings (SSSR count). The number of anilines is 1. The zero-order valence-electron chi connectivity index (χ0n) is 13.7. The molecule has 0 saturated carbocycles. The van der Waals surface area contributed by atoms with E-state index >= 15 is 0 Å². The lowest BCUT2D eigenvalue weighted by Gasteiger charge is -2.33. The Bertz CT molecular complexity index is 639. The Morgan fingerprint density at radius 3 is 2.95 bits per heavy atom. The van der Waals surface area contributed by atoms with Gasteiger partial charge in [0, 0.05) is 33.2 Å². The van der Waals surface area contributed by atoms with Crippen molar-refractivity contribution in [1.82, 2.24) is 19.7 Å². The Kier molecular flexibility index (Phi) is 4.57. The van der Waals surface area contributed by atoms with E-state index in [1.807, 2.05) is 17.9 Å². The van der Waals surface area contributed by atoms with Gasteiger partial charge in [-0.1, -0.05) is 13.8 Å². The Morgan fingerprint density at radius 2 is 2.18 bits per heavy atom. The molecule has 2 aromatic rings. The highest BCUT2D eigenvalue weighted by atomic mass is 16.5. The second kappa shape index (κ2) is 6.60. The first-order valence-electron chi connectivity index (χ1n) is 8.28. The first-order chi connectivity index (χ1) is 10.7. The average Bonchev–Trinajstić information content (AvgIpc) is 2.93. The van der Waals surface area contributed by atoms with Gasteiger partial charge in [0.25, 0.3) is 0 Å². The highest BCUT2D eigenvalue weighted by Crippen LogP contribution is 2.27. The lowest BCUT2D eigenvalue weighted by molar-refractivity contribution is 0.0439. The number of aromatic nitrogens is 4. The molecule has 0 aliphatic carbocycles. The van der Waals surface area contributed by atoms with E-state index in [1.54, 1.807) is 0 Å². The summed E-state index contributed by atoms with van der Waals surface area (Å²) in [7, 11) is 1.93. The van der Waals surface area contributed by atoms with Crippen LogP contribution in [0.4, 0.5) is 5.82 Å². The van der Waals surface area contributed by atoms with Crippen LogP contribution in [0.5, 0.6) is 0 Å². The number of piperidine rings is 1. The molecule has 0 N–H and O–H groups in total. The maximum atomic E-state index is 5.95. The second-order valence-corrected chi connectivity index (χ2v) is 5.90. The van der Waals surface area contributed by atoms with Gasteiger partial charge in [0.05, 0.1) is 17.7 Å². The van der Waals surface area contributed by atoms with Gasteiger partial charge < -0.3 is 9.64 Å². The molecule has 2 aromatic heterocycles. The summed E-state index contributed by atoms with van der Waals surface area (Å²) in [5.74, 6) is 1.89. The lowest BCUT2D eigenvalue weighted by atomic mass is 10.1. The van der Waals surface area contributed by atoms with E-state index in [0.717, 1.165) is 68.1 Å². The van der Waals surface area contributed by atoms with E-state index in [9.17, 15) is 0 Å². The Balaban J connectivity index is 1.91. The Hall–Kier alpha value is -1.69. The van der Waals surface area contributed by atoms with Crippen LogP contribution in [-0.4, -0.2) is 45.5 Å².